The number of aryl methyl sites for hydroxylation is 1. The Balaban J connectivity index is 2.07. The Labute approximate surface area is 90.7 Å². The third-order valence-electron chi connectivity index (χ3n) is 3.16. The number of hydrogen-bond donors (Lipinski definition) is 1. The summed E-state index contributed by atoms with van der Waals surface area (Å²) in [5.74, 6) is 0. The van der Waals surface area contributed by atoms with E-state index in [1.54, 1.807) is 0 Å². The van der Waals surface area contributed by atoms with E-state index in [1.165, 1.54) is 5.56 Å². The maximum absolute atomic E-state index is 14.0. The van der Waals surface area contributed by atoms with E-state index in [4.69, 9.17) is 0 Å². The third kappa shape index (κ3) is 2.37. The quantitative estimate of drug-likeness (QED) is 0.803. The molecule has 2 unspecified atom stereocenters. The monoisotopic (exact) mass is 207 g/mol. The Bertz CT molecular complexity index is 301. The van der Waals surface area contributed by atoms with Gasteiger partial charge >= 0.3 is 0 Å². The van der Waals surface area contributed by atoms with Crippen LogP contribution in [0.4, 0.5) is 4.39 Å². The van der Waals surface area contributed by atoms with Gasteiger partial charge < -0.3 is 5.32 Å². The first kappa shape index (κ1) is 10.6. The van der Waals surface area contributed by atoms with Gasteiger partial charge in [-0.2, -0.15) is 0 Å². The molecular formula is C13H18FN. The van der Waals surface area contributed by atoms with Crippen LogP contribution in [0.2, 0.25) is 0 Å². The molecule has 1 aromatic rings. The van der Waals surface area contributed by atoms with E-state index in [0.29, 0.717) is 0 Å². The zero-order valence-electron chi connectivity index (χ0n) is 9.17. The summed E-state index contributed by atoms with van der Waals surface area (Å²) in [6.07, 6.45) is 2.21. The molecule has 1 heterocycles. The van der Waals surface area contributed by atoms with E-state index in [1.807, 2.05) is 24.3 Å². The summed E-state index contributed by atoms with van der Waals surface area (Å²) in [6, 6.07) is 7.92. The SMILES string of the molecule is CCc1ccc(C(F)C2CCCN2)cc1. The van der Waals surface area contributed by atoms with Gasteiger partial charge in [0, 0.05) is 6.04 Å². The summed E-state index contributed by atoms with van der Waals surface area (Å²) in [4.78, 5) is 0. The molecule has 1 fully saturated rings. The van der Waals surface area contributed by atoms with Crippen molar-refractivity contribution in [3.05, 3.63) is 35.4 Å². The normalized spacial score (nSPS) is 22.9. The predicted octanol–water partition coefficient (Wildman–Crippen LogP) is 3.01. The van der Waals surface area contributed by atoms with Crippen LogP contribution < -0.4 is 5.32 Å². The zero-order chi connectivity index (χ0) is 10.7. The van der Waals surface area contributed by atoms with Crippen molar-refractivity contribution in [2.45, 2.75) is 38.4 Å². The molecule has 0 radical (unpaired) electrons. The van der Waals surface area contributed by atoms with Crippen LogP contribution in [-0.2, 0) is 6.42 Å². The van der Waals surface area contributed by atoms with Crippen LogP contribution >= 0.6 is 0 Å². The number of rotatable bonds is 3. The van der Waals surface area contributed by atoms with Crippen molar-refractivity contribution in [2.75, 3.05) is 6.54 Å². The first-order valence-corrected chi connectivity index (χ1v) is 5.77. The maximum atomic E-state index is 14.0. The Hall–Kier alpha value is -0.890. The molecule has 0 amide bonds. The minimum Gasteiger partial charge on any atom is -0.311 e. The molecule has 1 N–H and O–H groups in total. The summed E-state index contributed by atoms with van der Waals surface area (Å²) < 4.78 is 14.0. The average Bonchev–Trinajstić information content (AvgIpc) is 2.82. The van der Waals surface area contributed by atoms with E-state index in [-0.39, 0.29) is 6.04 Å². The fourth-order valence-corrected chi connectivity index (χ4v) is 2.13. The highest BCUT2D eigenvalue weighted by Crippen LogP contribution is 2.26. The number of nitrogens with one attached hydrogen (secondary N) is 1. The lowest BCUT2D eigenvalue weighted by atomic mass is 10.0. The lowest BCUT2D eigenvalue weighted by Crippen LogP contribution is -2.26. The van der Waals surface area contributed by atoms with Crippen LogP contribution in [0.25, 0.3) is 0 Å². The van der Waals surface area contributed by atoms with E-state index in [0.717, 1.165) is 31.4 Å². The van der Waals surface area contributed by atoms with Crippen molar-refractivity contribution in [1.82, 2.24) is 5.32 Å². The second-order valence-electron chi connectivity index (χ2n) is 4.20. The molecular weight excluding hydrogens is 189 g/mol. The van der Waals surface area contributed by atoms with Crippen molar-refractivity contribution in [3.63, 3.8) is 0 Å². The van der Waals surface area contributed by atoms with Gasteiger partial charge in [0.2, 0.25) is 0 Å². The van der Waals surface area contributed by atoms with E-state index >= 15 is 0 Å². The number of alkyl halides is 1. The van der Waals surface area contributed by atoms with Gasteiger partial charge in [0.15, 0.2) is 0 Å². The van der Waals surface area contributed by atoms with Gasteiger partial charge in [-0.15, -0.1) is 0 Å². The summed E-state index contributed by atoms with van der Waals surface area (Å²) in [5, 5.41) is 3.21. The van der Waals surface area contributed by atoms with E-state index < -0.39 is 6.17 Å². The predicted molar refractivity (Wildman–Crippen MR) is 60.7 cm³/mol. The molecule has 82 valence electrons. The molecule has 2 rings (SSSR count). The highest BCUT2D eigenvalue weighted by molar-refractivity contribution is 5.25. The smallest absolute Gasteiger partial charge is 0.140 e. The van der Waals surface area contributed by atoms with Crippen LogP contribution in [0.5, 0.6) is 0 Å². The molecule has 15 heavy (non-hydrogen) atoms. The summed E-state index contributed by atoms with van der Waals surface area (Å²) in [6.45, 7) is 3.07. The van der Waals surface area contributed by atoms with Crippen molar-refractivity contribution < 1.29 is 4.39 Å². The molecule has 1 aliphatic rings. The van der Waals surface area contributed by atoms with Gasteiger partial charge in [0.1, 0.15) is 6.17 Å². The van der Waals surface area contributed by atoms with Crippen molar-refractivity contribution in [2.24, 2.45) is 0 Å². The molecule has 2 atom stereocenters. The molecule has 0 aliphatic carbocycles. The van der Waals surface area contributed by atoms with Gasteiger partial charge in [-0.05, 0) is 36.9 Å². The molecule has 0 aromatic heterocycles. The Morgan fingerprint density at radius 1 is 1.40 bits per heavy atom. The fraction of sp³-hybridized carbons (Fsp3) is 0.538. The van der Waals surface area contributed by atoms with E-state index in [2.05, 4.69) is 12.2 Å². The van der Waals surface area contributed by atoms with Crippen molar-refractivity contribution in [3.8, 4) is 0 Å². The molecule has 1 saturated heterocycles. The molecule has 1 aromatic carbocycles. The topological polar surface area (TPSA) is 12.0 Å². The standard InChI is InChI=1S/C13H18FN/c1-2-10-5-7-11(8-6-10)13(14)12-4-3-9-15-12/h5-8,12-13,15H,2-4,9H2,1H3. The van der Waals surface area contributed by atoms with Crippen molar-refractivity contribution >= 4 is 0 Å². The van der Waals surface area contributed by atoms with Crippen molar-refractivity contribution in [1.29, 1.82) is 0 Å². The Kier molecular flexibility index (Phi) is 3.37. The largest absolute Gasteiger partial charge is 0.311 e. The average molecular weight is 207 g/mol. The highest BCUT2D eigenvalue weighted by atomic mass is 19.1. The van der Waals surface area contributed by atoms with Crippen LogP contribution in [0.1, 0.15) is 37.1 Å². The number of benzene rings is 1. The van der Waals surface area contributed by atoms with Crippen LogP contribution in [-0.4, -0.2) is 12.6 Å². The summed E-state index contributed by atoms with van der Waals surface area (Å²) >= 11 is 0. The van der Waals surface area contributed by atoms with Crippen LogP contribution in [0, 0.1) is 0 Å². The lowest BCUT2D eigenvalue weighted by Gasteiger charge is -2.16. The van der Waals surface area contributed by atoms with Crippen LogP contribution in [0.3, 0.4) is 0 Å². The number of hydrogen-bond acceptors (Lipinski definition) is 1. The van der Waals surface area contributed by atoms with Gasteiger partial charge in [-0.25, -0.2) is 4.39 Å². The van der Waals surface area contributed by atoms with Gasteiger partial charge in [-0.3, -0.25) is 0 Å². The second-order valence-corrected chi connectivity index (χ2v) is 4.20. The number of halogens is 1. The summed E-state index contributed by atoms with van der Waals surface area (Å²) in [5.41, 5.74) is 2.08. The minimum atomic E-state index is -0.849. The van der Waals surface area contributed by atoms with Gasteiger partial charge in [0.05, 0.1) is 0 Å². The molecule has 0 bridgehead atoms. The maximum Gasteiger partial charge on any atom is 0.140 e. The Morgan fingerprint density at radius 3 is 2.67 bits per heavy atom. The minimum absolute atomic E-state index is 0.0254. The molecule has 0 saturated carbocycles. The zero-order valence-corrected chi connectivity index (χ0v) is 9.17. The first-order chi connectivity index (χ1) is 7.31. The van der Waals surface area contributed by atoms with E-state index in [9.17, 15) is 4.39 Å². The molecule has 1 aliphatic heterocycles. The van der Waals surface area contributed by atoms with Crippen LogP contribution in [0.15, 0.2) is 24.3 Å². The molecule has 1 nitrogen and oxygen atoms in total. The highest BCUT2D eigenvalue weighted by Gasteiger charge is 2.25. The first-order valence-electron chi connectivity index (χ1n) is 5.77. The molecule has 2 heteroatoms. The Morgan fingerprint density at radius 2 is 2.13 bits per heavy atom. The second kappa shape index (κ2) is 4.75. The summed E-state index contributed by atoms with van der Waals surface area (Å²) in [7, 11) is 0. The lowest BCUT2D eigenvalue weighted by molar-refractivity contribution is 0.271. The molecule has 0 spiro atoms. The van der Waals surface area contributed by atoms with Gasteiger partial charge in [-0.1, -0.05) is 31.2 Å². The third-order valence-corrected chi connectivity index (χ3v) is 3.16. The van der Waals surface area contributed by atoms with Gasteiger partial charge in [0.25, 0.3) is 0 Å². The fourth-order valence-electron chi connectivity index (χ4n) is 2.13.